The minimum atomic E-state index is -1.13. The second-order valence-corrected chi connectivity index (χ2v) is 10.3. The van der Waals surface area contributed by atoms with Crippen molar-refractivity contribution in [1.29, 1.82) is 0 Å². The van der Waals surface area contributed by atoms with Crippen LogP contribution in [0, 0.1) is 17.8 Å². The molecule has 3 aliphatic carbocycles. The van der Waals surface area contributed by atoms with Crippen LogP contribution in [0.1, 0.15) is 56.1 Å². The highest BCUT2D eigenvalue weighted by Crippen LogP contribution is 2.45. The summed E-state index contributed by atoms with van der Waals surface area (Å²) in [6.07, 6.45) is 3.82. The molecule has 7 nitrogen and oxygen atoms in total. The Kier molecular flexibility index (Phi) is 6.26. The number of fused-ring (bicyclic) bond motifs is 3. The van der Waals surface area contributed by atoms with Crippen molar-refractivity contribution in [2.45, 2.75) is 50.5 Å². The van der Waals surface area contributed by atoms with Crippen molar-refractivity contribution in [2.24, 2.45) is 17.8 Å². The number of carboxylic acids is 1. The number of hydrogen-bond acceptors (Lipinski definition) is 4. The predicted molar refractivity (Wildman–Crippen MR) is 131 cm³/mol. The number of carbonyl (C=O) groups excluding carboxylic acids is 2. The molecule has 2 aromatic rings. The fourth-order valence-corrected chi connectivity index (χ4v) is 5.54. The van der Waals surface area contributed by atoms with E-state index in [-0.39, 0.29) is 36.8 Å². The largest absolute Gasteiger partial charge is 0.481 e. The van der Waals surface area contributed by atoms with Crippen LogP contribution in [0.2, 0.25) is 0 Å². The SMILES string of the molecule is CC(NC(=O)OCC1c2ccccc2-c2ccccc21)(C(=O)NCC(C(=O)O)C1CCC1)C1CC1. The van der Waals surface area contributed by atoms with Gasteiger partial charge >= 0.3 is 12.1 Å². The number of ether oxygens (including phenoxy) is 1. The van der Waals surface area contributed by atoms with Gasteiger partial charge in [-0.3, -0.25) is 9.59 Å². The van der Waals surface area contributed by atoms with E-state index >= 15 is 0 Å². The standard InChI is InChI=1S/C28H32N2O5/c1-28(18-13-14-18,26(33)29-15-23(25(31)32)17-7-6-8-17)30-27(34)35-16-24-21-11-4-2-9-19(21)20-10-3-5-12-22(20)24/h2-5,9-12,17-18,23-24H,6-8,13-16H2,1H3,(H,29,33)(H,30,34)(H,31,32). The maximum Gasteiger partial charge on any atom is 0.408 e. The van der Waals surface area contributed by atoms with Crippen LogP contribution in [0.3, 0.4) is 0 Å². The zero-order valence-corrected chi connectivity index (χ0v) is 20.0. The second-order valence-electron chi connectivity index (χ2n) is 10.3. The highest BCUT2D eigenvalue weighted by Gasteiger charge is 2.49. The number of carbonyl (C=O) groups is 3. The van der Waals surface area contributed by atoms with E-state index in [0.29, 0.717) is 0 Å². The van der Waals surface area contributed by atoms with E-state index in [0.717, 1.165) is 54.4 Å². The second kappa shape index (κ2) is 9.36. The molecule has 3 aliphatic rings. The molecule has 0 radical (unpaired) electrons. The third kappa shape index (κ3) is 4.51. The van der Waals surface area contributed by atoms with Gasteiger partial charge in [0.1, 0.15) is 12.1 Å². The molecule has 3 N–H and O–H groups in total. The van der Waals surface area contributed by atoms with Gasteiger partial charge in [-0.15, -0.1) is 0 Å². The molecule has 0 aromatic heterocycles. The Morgan fingerprint density at radius 2 is 1.60 bits per heavy atom. The molecule has 35 heavy (non-hydrogen) atoms. The van der Waals surface area contributed by atoms with Crippen LogP contribution in [0.4, 0.5) is 4.79 Å². The molecule has 2 aromatic carbocycles. The summed E-state index contributed by atoms with van der Waals surface area (Å²) in [5, 5.41) is 15.2. The molecule has 2 saturated carbocycles. The Labute approximate surface area is 205 Å². The van der Waals surface area contributed by atoms with Crippen LogP contribution < -0.4 is 10.6 Å². The van der Waals surface area contributed by atoms with Gasteiger partial charge in [-0.1, -0.05) is 55.0 Å². The number of aliphatic carboxylic acids is 1. The molecular weight excluding hydrogens is 444 g/mol. The number of rotatable bonds is 9. The van der Waals surface area contributed by atoms with Crippen LogP contribution in [-0.2, 0) is 14.3 Å². The van der Waals surface area contributed by atoms with E-state index in [2.05, 4.69) is 34.9 Å². The van der Waals surface area contributed by atoms with Gasteiger partial charge in [-0.2, -0.15) is 0 Å². The maximum absolute atomic E-state index is 13.2. The Morgan fingerprint density at radius 3 is 2.11 bits per heavy atom. The lowest BCUT2D eigenvalue weighted by Crippen LogP contribution is -2.59. The van der Waals surface area contributed by atoms with Gasteiger partial charge in [0.25, 0.3) is 0 Å². The van der Waals surface area contributed by atoms with Crippen molar-refractivity contribution >= 4 is 18.0 Å². The van der Waals surface area contributed by atoms with Crippen LogP contribution in [-0.4, -0.2) is 41.8 Å². The van der Waals surface area contributed by atoms with Crippen molar-refractivity contribution in [1.82, 2.24) is 10.6 Å². The molecule has 0 spiro atoms. The smallest absolute Gasteiger partial charge is 0.408 e. The number of benzene rings is 2. The molecule has 0 heterocycles. The van der Waals surface area contributed by atoms with Gasteiger partial charge < -0.3 is 20.5 Å². The number of hydrogen-bond donors (Lipinski definition) is 3. The maximum atomic E-state index is 13.2. The number of carboxylic acid groups (broad SMARTS) is 1. The fraction of sp³-hybridized carbons (Fsp3) is 0.464. The third-order valence-corrected chi connectivity index (χ3v) is 8.09. The highest BCUT2D eigenvalue weighted by atomic mass is 16.5. The van der Waals surface area contributed by atoms with Gasteiger partial charge in [-0.25, -0.2) is 4.79 Å². The Balaban J connectivity index is 1.22. The molecule has 0 saturated heterocycles. The van der Waals surface area contributed by atoms with Crippen LogP contribution in [0.5, 0.6) is 0 Å². The summed E-state index contributed by atoms with van der Waals surface area (Å²) in [5.74, 6) is -1.77. The van der Waals surface area contributed by atoms with Crippen LogP contribution in [0.25, 0.3) is 11.1 Å². The molecule has 2 fully saturated rings. The lowest BCUT2D eigenvalue weighted by Gasteiger charge is -2.33. The van der Waals surface area contributed by atoms with Crippen LogP contribution >= 0.6 is 0 Å². The van der Waals surface area contributed by atoms with Crippen molar-refractivity contribution in [3.63, 3.8) is 0 Å². The van der Waals surface area contributed by atoms with Gasteiger partial charge in [0, 0.05) is 12.5 Å². The molecule has 2 atom stereocenters. The molecule has 2 amide bonds. The summed E-state index contributed by atoms with van der Waals surface area (Å²) in [6.45, 7) is 1.96. The van der Waals surface area contributed by atoms with E-state index in [9.17, 15) is 19.5 Å². The zero-order chi connectivity index (χ0) is 24.6. The van der Waals surface area contributed by atoms with E-state index in [1.165, 1.54) is 0 Å². The summed E-state index contributed by atoms with van der Waals surface area (Å²) in [6, 6.07) is 16.3. The lowest BCUT2D eigenvalue weighted by molar-refractivity contribution is -0.145. The molecule has 5 rings (SSSR count). The topological polar surface area (TPSA) is 105 Å². The van der Waals surface area contributed by atoms with Gasteiger partial charge in [0.15, 0.2) is 0 Å². The average molecular weight is 477 g/mol. The quantitative estimate of drug-likeness (QED) is 0.500. The first kappa shape index (κ1) is 23.4. The molecular formula is C28H32N2O5. The average Bonchev–Trinajstić information content (AvgIpc) is 3.62. The molecule has 0 bridgehead atoms. The summed E-state index contributed by atoms with van der Waals surface area (Å²) < 4.78 is 5.67. The zero-order valence-electron chi connectivity index (χ0n) is 20.0. The summed E-state index contributed by atoms with van der Waals surface area (Å²) in [7, 11) is 0. The summed E-state index contributed by atoms with van der Waals surface area (Å²) >= 11 is 0. The predicted octanol–water partition coefficient (Wildman–Crippen LogP) is 4.31. The van der Waals surface area contributed by atoms with E-state index in [1.54, 1.807) is 6.92 Å². The molecule has 184 valence electrons. The van der Waals surface area contributed by atoms with Crippen molar-refractivity contribution in [3.05, 3.63) is 59.7 Å². The summed E-state index contributed by atoms with van der Waals surface area (Å²) in [4.78, 5) is 37.7. The molecule has 0 aliphatic heterocycles. The first-order valence-electron chi connectivity index (χ1n) is 12.5. The number of alkyl carbamates (subject to hydrolysis) is 1. The first-order valence-corrected chi connectivity index (χ1v) is 12.5. The van der Waals surface area contributed by atoms with Gasteiger partial charge in [-0.05, 0) is 66.7 Å². The van der Waals surface area contributed by atoms with Gasteiger partial charge in [0.2, 0.25) is 5.91 Å². The number of amides is 2. The van der Waals surface area contributed by atoms with Crippen molar-refractivity contribution in [3.8, 4) is 11.1 Å². The fourth-order valence-electron chi connectivity index (χ4n) is 5.54. The van der Waals surface area contributed by atoms with Crippen LogP contribution in [0.15, 0.2) is 48.5 Å². The van der Waals surface area contributed by atoms with Crippen molar-refractivity contribution in [2.75, 3.05) is 13.2 Å². The van der Waals surface area contributed by atoms with E-state index in [1.807, 2.05) is 24.3 Å². The molecule has 7 heteroatoms. The first-order chi connectivity index (χ1) is 16.9. The third-order valence-electron chi connectivity index (χ3n) is 8.09. The Morgan fingerprint density at radius 1 is 1.00 bits per heavy atom. The van der Waals surface area contributed by atoms with Crippen molar-refractivity contribution < 1.29 is 24.2 Å². The Hall–Kier alpha value is -3.35. The number of nitrogens with one attached hydrogen (secondary N) is 2. The normalized spacial score (nSPS) is 19.5. The van der Waals surface area contributed by atoms with E-state index in [4.69, 9.17) is 4.74 Å². The minimum Gasteiger partial charge on any atom is -0.481 e. The Bertz CT molecular complexity index is 1090. The molecule has 2 unspecified atom stereocenters. The highest BCUT2D eigenvalue weighted by molar-refractivity contribution is 5.90. The lowest BCUT2D eigenvalue weighted by atomic mass is 9.75. The monoisotopic (exact) mass is 476 g/mol. The van der Waals surface area contributed by atoms with Gasteiger partial charge in [0.05, 0.1) is 5.92 Å². The summed E-state index contributed by atoms with van der Waals surface area (Å²) in [5.41, 5.74) is 3.42. The minimum absolute atomic E-state index is 0.00923. The van der Waals surface area contributed by atoms with E-state index < -0.39 is 23.5 Å².